The number of amides is 2. The van der Waals surface area contributed by atoms with Gasteiger partial charge in [0.1, 0.15) is 0 Å². The van der Waals surface area contributed by atoms with Gasteiger partial charge < -0.3 is 14.8 Å². The molecule has 1 aliphatic rings. The first-order valence-electron chi connectivity index (χ1n) is 11.9. The summed E-state index contributed by atoms with van der Waals surface area (Å²) in [6, 6.07) is 18.8. The second-order valence-electron chi connectivity index (χ2n) is 8.53. The molecular weight excluding hydrogens is 504 g/mol. The van der Waals surface area contributed by atoms with E-state index in [1.54, 1.807) is 23.1 Å². The number of aryl methyl sites for hydroxylation is 2. The zero-order valence-electron chi connectivity index (χ0n) is 21.2. The fourth-order valence-corrected chi connectivity index (χ4v) is 5.14. The van der Waals surface area contributed by atoms with Crippen molar-refractivity contribution >= 4 is 57.6 Å². The van der Waals surface area contributed by atoms with E-state index in [1.165, 1.54) is 11.8 Å². The molecule has 6 nitrogen and oxygen atoms in total. The van der Waals surface area contributed by atoms with Gasteiger partial charge in [0.25, 0.3) is 11.8 Å². The first-order chi connectivity index (χ1) is 17.8. The van der Waals surface area contributed by atoms with Crippen molar-refractivity contribution in [2.45, 2.75) is 27.7 Å². The molecule has 1 heterocycles. The van der Waals surface area contributed by atoms with Gasteiger partial charge in [0.15, 0.2) is 22.4 Å². The number of thiocarbonyl (C=S) groups is 1. The average molecular weight is 533 g/mol. The van der Waals surface area contributed by atoms with Gasteiger partial charge in [0.05, 0.1) is 17.2 Å². The van der Waals surface area contributed by atoms with Crippen LogP contribution in [0.15, 0.2) is 65.6 Å². The van der Waals surface area contributed by atoms with Crippen molar-refractivity contribution < 1.29 is 19.1 Å². The van der Waals surface area contributed by atoms with E-state index in [0.29, 0.717) is 27.3 Å². The number of benzene rings is 3. The molecule has 0 saturated carbocycles. The summed E-state index contributed by atoms with van der Waals surface area (Å²) >= 11 is 6.77. The van der Waals surface area contributed by atoms with Crippen LogP contribution in [0.2, 0.25) is 0 Å². The van der Waals surface area contributed by atoms with Crippen molar-refractivity contribution in [3.8, 4) is 11.5 Å². The van der Waals surface area contributed by atoms with Crippen molar-refractivity contribution in [3.05, 3.63) is 87.8 Å². The summed E-state index contributed by atoms with van der Waals surface area (Å²) in [4.78, 5) is 27.8. The minimum Gasteiger partial charge on any atom is -0.490 e. The van der Waals surface area contributed by atoms with Crippen LogP contribution in [0.25, 0.3) is 6.08 Å². The third kappa shape index (κ3) is 6.03. The molecule has 0 unspecified atom stereocenters. The number of carbonyl (C=O) groups is 2. The predicted octanol–water partition coefficient (Wildman–Crippen LogP) is 6.43. The van der Waals surface area contributed by atoms with Crippen molar-refractivity contribution in [2.24, 2.45) is 0 Å². The maximum absolute atomic E-state index is 13.2. The van der Waals surface area contributed by atoms with Crippen LogP contribution in [0, 0.1) is 20.8 Å². The van der Waals surface area contributed by atoms with Gasteiger partial charge in [-0.25, -0.2) is 0 Å². The van der Waals surface area contributed by atoms with Crippen molar-refractivity contribution in [2.75, 3.05) is 23.4 Å². The molecule has 0 aliphatic carbocycles. The lowest BCUT2D eigenvalue weighted by Gasteiger charge is -2.16. The zero-order valence-corrected chi connectivity index (χ0v) is 22.8. The molecule has 0 bridgehead atoms. The van der Waals surface area contributed by atoms with E-state index in [1.807, 2.05) is 76.2 Å². The summed E-state index contributed by atoms with van der Waals surface area (Å²) in [6.45, 7) is 8.04. The number of ether oxygens (including phenoxy) is 2. The summed E-state index contributed by atoms with van der Waals surface area (Å²) in [5.41, 5.74) is 5.40. The van der Waals surface area contributed by atoms with E-state index in [-0.39, 0.29) is 18.4 Å². The molecule has 4 rings (SSSR count). The second-order valence-corrected chi connectivity index (χ2v) is 10.2. The molecule has 37 heavy (non-hydrogen) atoms. The smallest absolute Gasteiger partial charge is 0.270 e. The molecule has 2 amide bonds. The molecule has 0 aromatic heterocycles. The average Bonchev–Trinajstić information content (AvgIpc) is 3.14. The number of nitrogens with one attached hydrogen (secondary N) is 1. The zero-order chi connectivity index (χ0) is 26.5. The summed E-state index contributed by atoms with van der Waals surface area (Å²) < 4.78 is 12.0. The molecule has 1 saturated heterocycles. The fraction of sp³-hybridized carbons (Fsp3) is 0.207. The Kier molecular flexibility index (Phi) is 8.31. The summed E-state index contributed by atoms with van der Waals surface area (Å²) in [5.74, 6) is 0.513. The third-order valence-corrected chi connectivity index (χ3v) is 7.26. The molecule has 3 aromatic rings. The highest BCUT2D eigenvalue weighted by Gasteiger charge is 2.34. The normalized spacial score (nSPS) is 14.3. The van der Waals surface area contributed by atoms with E-state index >= 15 is 0 Å². The molecule has 0 spiro atoms. The lowest BCUT2D eigenvalue weighted by atomic mass is 10.1. The molecule has 1 N–H and O–H groups in total. The molecule has 190 valence electrons. The number of hydrogen-bond donors (Lipinski definition) is 1. The number of para-hydroxylation sites is 1. The number of rotatable bonds is 8. The highest BCUT2D eigenvalue weighted by molar-refractivity contribution is 8.27. The van der Waals surface area contributed by atoms with Gasteiger partial charge in [-0.15, -0.1) is 0 Å². The van der Waals surface area contributed by atoms with Gasteiger partial charge in [-0.3, -0.25) is 14.5 Å². The first-order valence-corrected chi connectivity index (χ1v) is 13.1. The standard InChI is InChI=1S/C29H28N2O4S2/c1-5-34-25-15-21(16-26-28(33)31(29(36)37-26)23-12-7-6-9-19(23)3)13-14-24(25)35-17-27(32)30-22-11-8-10-18(2)20(22)4/h6-16H,5,17H2,1-4H3,(H,30,32)/b26-16-. The second kappa shape index (κ2) is 11.6. The van der Waals surface area contributed by atoms with E-state index in [2.05, 4.69) is 5.32 Å². The van der Waals surface area contributed by atoms with Gasteiger partial charge >= 0.3 is 0 Å². The molecule has 1 fully saturated rings. The number of anilines is 2. The fourth-order valence-electron chi connectivity index (χ4n) is 3.86. The van der Waals surface area contributed by atoms with Crippen molar-refractivity contribution in [1.29, 1.82) is 0 Å². The Balaban J connectivity index is 1.49. The Morgan fingerprint density at radius 3 is 2.51 bits per heavy atom. The topological polar surface area (TPSA) is 67.9 Å². The molecule has 3 aromatic carbocycles. The lowest BCUT2D eigenvalue weighted by Crippen LogP contribution is -2.28. The SMILES string of the molecule is CCOc1cc(/C=C2\SC(=S)N(c3ccccc3C)C2=O)ccc1OCC(=O)Nc1cccc(C)c1C. The molecule has 0 radical (unpaired) electrons. The maximum Gasteiger partial charge on any atom is 0.270 e. The third-order valence-electron chi connectivity index (χ3n) is 5.95. The van der Waals surface area contributed by atoms with Gasteiger partial charge in [-0.1, -0.05) is 60.4 Å². The van der Waals surface area contributed by atoms with Crippen molar-refractivity contribution in [3.63, 3.8) is 0 Å². The number of nitrogens with zero attached hydrogens (tertiary/aromatic N) is 1. The largest absolute Gasteiger partial charge is 0.490 e. The highest BCUT2D eigenvalue weighted by atomic mass is 32.2. The van der Waals surface area contributed by atoms with Crippen LogP contribution in [0.5, 0.6) is 11.5 Å². The van der Waals surface area contributed by atoms with Gasteiger partial charge in [-0.05, 0) is 80.3 Å². The van der Waals surface area contributed by atoms with Crippen LogP contribution >= 0.6 is 24.0 Å². The number of thioether (sulfide) groups is 1. The Morgan fingerprint density at radius 2 is 1.76 bits per heavy atom. The Morgan fingerprint density at radius 1 is 1.00 bits per heavy atom. The Bertz CT molecular complexity index is 1400. The van der Waals surface area contributed by atoms with E-state index < -0.39 is 0 Å². The van der Waals surface area contributed by atoms with Gasteiger partial charge in [-0.2, -0.15) is 0 Å². The van der Waals surface area contributed by atoms with Crippen molar-refractivity contribution in [1.82, 2.24) is 0 Å². The van der Waals surface area contributed by atoms with Gasteiger partial charge in [0.2, 0.25) is 0 Å². The first kappa shape index (κ1) is 26.4. The van der Waals surface area contributed by atoms with Crippen LogP contribution in [-0.2, 0) is 9.59 Å². The van der Waals surface area contributed by atoms with Crippen LogP contribution < -0.4 is 19.7 Å². The summed E-state index contributed by atoms with van der Waals surface area (Å²) in [5, 5.41) is 2.89. The van der Waals surface area contributed by atoms with Gasteiger partial charge in [0, 0.05) is 5.69 Å². The van der Waals surface area contributed by atoms with Crippen LogP contribution in [-0.4, -0.2) is 29.3 Å². The van der Waals surface area contributed by atoms with Crippen LogP contribution in [0.3, 0.4) is 0 Å². The molecular formula is C29H28N2O4S2. The highest BCUT2D eigenvalue weighted by Crippen LogP contribution is 2.38. The summed E-state index contributed by atoms with van der Waals surface area (Å²) in [7, 11) is 0. The Labute approximate surface area is 226 Å². The van der Waals surface area contributed by atoms with E-state index in [0.717, 1.165) is 33.6 Å². The number of carbonyl (C=O) groups excluding carboxylic acids is 2. The van der Waals surface area contributed by atoms with E-state index in [4.69, 9.17) is 21.7 Å². The molecule has 0 atom stereocenters. The lowest BCUT2D eigenvalue weighted by molar-refractivity contribution is -0.118. The van der Waals surface area contributed by atoms with E-state index in [9.17, 15) is 9.59 Å². The minimum atomic E-state index is -0.264. The number of hydrogen-bond acceptors (Lipinski definition) is 6. The minimum absolute atomic E-state index is 0.161. The Hall–Kier alpha value is -3.62. The van der Waals surface area contributed by atoms with Crippen LogP contribution in [0.4, 0.5) is 11.4 Å². The van der Waals surface area contributed by atoms with Crippen LogP contribution in [0.1, 0.15) is 29.2 Å². The predicted molar refractivity (Wildman–Crippen MR) is 154 cm³/mol. The summed E-state index contributed by atoms with van der Waals surface area (Å²) in [6.07, 6.45) is 1.79. The molecule has 8 heteroatoms. The maximum atomic E-state index is 13.2. The molecule has 1 aliphatic heterocycles. The quantitative estimate of drug-likeness (QED) is 0.266. The monoisotopic (exact) mass is 532 g/mol.